The van der Waals surface area contributed by atoms with Crippen molar-refractivity contribution in [2.45, 2.75) is 39.5 Å². The topological polar surface area (TPSA) is 46.3 Å². The van der Waals surface area contributed by atoms with E-state index in [2.05, 4.69) is 46.1 Å². The third kappa shape index (κ3) is 2.86. The summed E-state index contributed by atoms with van der Waals surface area (Å²) in [7, 11) is 0. The van der Waals surface area contributed by atoms with Crippen molar-refractivity contribution in [1.82, 2.24) is 19.6 Å². The summed E-state index contributed by atoms with van der Waals surface area (Å²) in [6, 6.07) is 10.4. The Hall–Kier alpha value is -2.43. The van der Waals surface area contributed by atoms with E-state index in [1.807, 2.05) is 17.5 Å². The largest absolute Gasteiger partial charge is 0.356 e. The molecule has 1 saturated heterocycles. The fourth-order valence-electron chi connectivity index (χ4n) is 3.40. The molecule has 0 unspecified atom stereocenters. The second-order valence-corrected chi connectivity index (χ2v) is 6.67. The van der Waals surface area contributed by atoms with Crippen LogP contribution in [0.1, 0.15) is 36.9 Å². The average molecular weight is 321 g/mol. The van der Waals surface area contributed by atoms with Gasteiger partial charge in [-0.1, -0.05) is 36.6 Å². The Bertz CT molecular complexity index is 859. The number of rotatable bonds is 2. The van der Waals surface area contributed by atoms with Gasteiger partial charge in [0.25, 0.3) is 5.78 Å². The second-order valence-electron chi connectivity index (χ2n) is 6.67. The molecule has 0 amide bonds. The zero-order chi connectivity index (χ0) is 16.5. The molecule has 3 aromatic rings. The number of aryl methyl sites for hydroxylation is 2. The summed E-state index contributed by atoms with van der Waals surface area (Å²) in [4.78, 5) is 11.7. The molecule has 4 rings (SSSR count). The molecular formula is C19H23N5. The van der Waals surface area contributed by atoms with Crippen LogP contribution in [0.15, 0.2) is 30.3 Å². The van der Waals surface area contributed by atoms with E-state index in [9.17, 15) is 0 Å². The minimum absolute atomic E-state index is 0.686. The summed E-state index contributed by atoms with van der Waals surface area (Å²) in [5.41, 5.74) is 3.24. The van der Waals surface area contributed by atoms with Gasteiger partial charge in [0.05, 0.1) is 0 Å². The molecule has 124 valence electrons. The Balaban J connectivity index is 1.82. The molecule has 1 aliphatic heterocycles. The predicted molar refractivity (Wildman–Crippen MR) is 96.4 cm³/mol. The molecule has 0 aliphatic carbocycles. The summed E-state index contributed by atoms with van der Waals surface area (Å²) >= 11 is 0. The van der Waals surface area contributed by atoms with E-state index in [1.54, 1.807) is 0 Å². The summed E-state index contributed by atoms with van der Waals surface area (Å²) in [5.74, 6) is 2.55. The summed E-state index contributed by atoms with van der Waals surface area (Å²) in [6.45, 7) is 6.28. The van der Waals surface area contributed by atoms with Crippen LogP contribution in [0.5, 0.6) is 0 Å². The molecule has 0 bridgehead atoms. The minimum Gasteiger partial charge on any atom is -0.356 e. The van der Waals surface area contributed by atoms with Crippen molar-refractivity contribution in [2.75, 3.05) is 18.0 Å². The number of fused-ring (bicyclic) bond motifs is 1. The first-order valence-corrected chi connectivity index (χ1v) is 8.77. The van der Waals surface area contributed by atoms with Crippen molar-refractivity contribution >= 4 is 11.6 Å². The van der Waals surface area contributed by atoms with Gasteiger partial charge >= 0.3 is 0 Å². The molecule has 5 nitrogen and oxygen atoms in total. The van der Waals surface area contributed by atoms with Crippen LogP contribution < -0.4 is 4.90 Å². The second kappa shape index (κ2) is 6.23. The predicted octanol–water partition coefficient (Wildman–Crippen LogP) is 3.79. The Morgan fingerprint density at radius 3 is 2.46 bits per heavy atom. The van der Waals surface area contributed by atoms with Gasteiger partial charge in [0, 0.05) is 30.4 Å². The molecule has 1 aromatic carbocycles. The SMILES string of the molecule is Cc1cccc(-c2nc3nc(C)cc(N4CCCCCC4)n3n2)c1. The highest BCUT2D eigenvalue weighted by Crippen LogP contribution is 2.23. The highest BCUT2D eigenvalue weighted by atomic mass is 15.4. The van der Waals surface area contributed by atoms with Crippen LogP contribution in [0.4, 0.5) is 5.82 Å². The maximum atomic E-state index is 4.77. The molecule has 0 atom stereocenters. The number of nitrogens with zero attached hydrogens (tertiary/aromatic N) is 5. The summed E-state index contributed by atoms with van der Waals surface area (Å²) in [5, 5.41) is 4.77. The van der Waals surface area contributed by atoms with Gasteiger partial charge in [-0.3, -0.25) is 0 Å². The van der Waals surface area contributed by atoms with Gasteiger partial charge < -0.3 is 4.90 Å². The number of hydrogen-bond donors (Lipinski definition) is 0. The lowest BCUT2D eigenvalue weighted by Gasteiger charge is -2.22. The van der Waals surface area contributed by atoms with Crippen LogP contribution in [0.3, 0.4) is 0 Å². The van der Waals surface area contributed by atoms with Crippen molar-refractivity contribution in [3.63, 3.8) is 0 Å². The number of aromatic nitrogens is 4. The zero-order valence-electron chi connectivity index (χ0n) is 14.4. The lowest BCUT2D eigenvalue weighted by molar-refractivity contribution is 0.726. The van der Waals surface area contributed by atoms with Crippen molar-refractivity contribution in [2.24, 2.45) is 0 Å². The van der Waals surface area contributed by atoms with Crippen LogP contribution in [-0.4, -0.2) is 32.7 Å². The number of anilines is 1. The average Bonchev–Trinajstić information content (AvgIpc) is 2.81. The van der Waals surface area contributed by atoms with Crippen molar-refractivity contribution in [3.05, 3.63) is 41.6 Å². The fraction of sp³-hybridized carbons (Fsp3) is 0.421. The van der Waals surface area contributed by atoms with Gasteiger partial charge in [-0.25, -0.2) is 4.98 Å². The molecule has 24 heavy (non-hydrogen) atoms. The van der Waals surface area contributed by atoms with Gasteiger partial charge in [-0.2, -0.15) is 9.50 Å². The van der Waals surface area contributed by atoms with Crippen LogP contribution in [0.2, 0.25) is 0 Å². The molecule has 0 N–H and O–H groups in total. The Kier molecular flexibility index (Phi) is 3.92. The molecular weight excluding hydrogens is 298 g/mol. The van der Waals surface area contributed by atoms with Crippen LogP contribution in [0, 0.1) is 13.8 Å². The van der Waals surface area contributed by atoms with Crippen LogP contribution in [0.25, 0.3) is 17.2 Å². The Labute approximate surface area is 142 Å². The van der Waals surface area contributed by atoms with Gasteiger partial charge in [0.15, 0.2) is 5.82 Å². The van der Waals surface area contributed by atoms with Gasteiger partial charge in [0.2, 0.25) is 0 Å². The van der Waals surface area contributed by atoms with Crippen LogP contribution >= 0.6 is 0 Å². The van der Waals surface area contributed by atoms with E-state index in [1.165, 1.54) is 31.2 Å². The monoisotopic (exact) mass is 321 g/mol. The Morgan fingerprint density at radius 2 is 1.71 bits per heavy atom. The Morgan fingerprint density at radius 1 is 0.917 bits per heavy atom. The quantitative estimate of drug-likeness (QED) is 0.720. The number of benzene rings is 1. The van der Waals surface area contributed by atoms with E-state index in [0.717, 1.165) is 36.0 Å². The third-order valence-electron chi connectivity index (χ3n) is 4.63. The van der Waals surface area contributed by atoms with Crippen LogP contribution in [-0.2, 0) is 0 Å². The van der Waals surface area contributed by atoms with Crippen molar-refractivity contribution in [3.8, 4) is 11.4 Å². The van der Waals surface area contributed by atoms with Gasteiger partial charge in [-0.05, 0) is 32.8 Å². The standard InChI is InChI=1S/C19H23N5/c1-14-8-7-9-16(12-14)18-21-19-20-15(2)13-17(24(19)22-18)23-10-5-3-4-6-11-23/h7-9,12-13H,3-6,10-11H2,1-2H3. The van der Waals surface area contributed by atoms with Gasteiger partial charge in [0.1, 0.15) is 5.82 Å². The van der Waals surface area contributed by atoms with E-state index >= 15 is 0 Å². The summed E-state index contributed by atoms with van der Waals surface area (Å²) < 4.78 is 1.91. The molecule has 0 spiro atoms. The zero-order valence-corrected chi connectivity index (χ0v) is 14.4. The first-order chi connectivity index (χ1) is 11.7. The molecule has 1 aliphatic rings. The van der Waals surface area contributed by atoms with E-state index in [-0.39, 0.29) is 0 Å². The first kappa shape index (κ1) is 15.1. The first-order valence-electron chi connectivity index (χ1n) is 8.77. The molecule has 5 heteroatoms. The molecule has 0 radical (unpaired) electrons. The maximum Gasteiger partial charge on any atom is 0.254 e. The molecule has 2 aromatic heterocycles. The highest BCUT2D eigenvalue weighted by Gasteiger charge is 2.17. The third-order valence-corrected chi connectivity index (χ3v) is 4.63. The normalized spacial score (nSPS) is 15.7. The lowest BCUT2D eigenvalue weighted by atomic mass is 10.1. The summed E-state index contributed by atoms with van der Waals surface area (Å²) in [6.07, 6.45) is 5.11. The number of hydrogen-bond acceptors (Lipinski definition) is 4. The van der Waals surface area contributed by atoms with E-state index in [4.69, 9.17) is 5.10 Å². The molecule has 1 fully saturated rings. The van der Waals surface area contributed by atoms with Crippen molar-refractivity contribution in [1.29, 1.82) is 0 Å². The smallest absolute Gasteiger partial charge is 0.254 e. The highest BCUT2D eigenvalue weighted by molar-refractivity contribution is 5.59. The van der Waals surface area contributed by atoms with Gasteiger partial charge in [-0.15, -0.1) is 5.10 Å². The maximum absolute atomic E-state index is 4.77. The molecule has 3 heterocycles. The van der Waals surface area contributed by atoms with Crippen molar-refractivity contribution < 1.29 is 0 Å². The van der Waals surface area contributed by atoms with E-state index < -0.39 is 0 Å². The molecule has 0 saturated carbocycles. The van der Waals surface area contributed by atoms with E-state index in [0.29, 0.717) is 5.78 Å². The minimum atomic E-state index is 0.686. The fourth-order valence-corrected chi connectivity index (χ4v) is 3.40. The lowest BCUT2D eigenvalue weighted by Crippen LogP contribution is -2.26.